The lowest BCUT2D eigenvalue weighted by Crippen LogP contribution is -2.35. The first-order valence-corrected chi connectivity index (χ1v) is 10.4. The van der Waals surface area contributed by atoms with E-state index in [1.165, 1.54) is 24.3 Å². The summed E-state index contributed by atoms with van der Waals surface area (Å²) in [5, 5.41) is 14.1. The Morgan fingerprint density at radius 2 is 2.07 bits per heavy atom. The molecule has 2 aromatic heterocycles. The molecule has 1 atom stereocenters. The van der Waals surface area contributed by atoms with Gasteiger partial charge in [-0.25, -0.2) is 4.79 Å². The standard InChI is InChI=1S/C22H27N3O3S/c1-14(2)13-25-15(3)9-18(16(25)4)10-19(11-23)22(27)28-17(5)21(26)24-12-20-7-6-8-29-20/h6-10,14,17H,12-13H2,1-5H3,(H,24,26)/b19-10+. The van der Waals surface area contributed by atoms with Crippen molar-refractivity contribution in [3.63, 3.8) is 0 Å². The number of nitriles is 1. The van der Waals surface area contributed by atoms with E-state index in [9.17, 15) is 14.9 Å². The lowest BCUT2D eigenvalue weighted by atomic mass is 10.1. The van der Waals surface area contributed by atoms with E-state index >= 15 is 0 Å². The van der Waals surface area contributed by atoms with Crippen molar-refractivity contribution in [1.82, 2.24) is 9.88 Å². The maximum absolute atomic E-state index is 12.4. The van der Waals surface area contributed by atoms with Crippen molar-refractivity contribution in [2.24, 2.45) is 5.92 Å². The van der Waals surface area contributed by atoms with Crippen LogP contribution in [0.2, 0.25) is 0 Å². The van der Waals surface area contributed by atoms with Crippen LogP contribution in [-0.2, 0) is 27.4 Å². The van der Waals surface area contributed by atoms with Crippen LogP contribution in [0.3, 0.4) is 0 Å². The van der Waals surface area contributed by atoms with Gasteiger partial charge in [-0.2, -0.15) is 5.26 Å². The summed E-state index contributed by atoms with van der Waals surface area (Å²) in [5.41, 5.74) is 2.71. The molecular formula is C22H27N3O3S. The van der Waals surface area contributed by atoms with Gasteiger partial charge in [-0.05, 0) is 55.8 Å². The quantitative estimate of drug-likeness (QED) is 0.403. The van der Waals surface area contributed by atoms with Crippen LogP contribution in [0.4, 0.5) is 0 Å². The van der Waals surface area contributed by atoms with E-state index in [-0.39, 0.29) is 5.57 Å². The van der Waals surface area contributed by atoms with Gasteiger partial charge in [0.15, 0.2) is 6.10 Å². The predicted molar refractivity (Wildman–Crippen MR) is 114 cm³/mol. The zero-order chi connectivity index (χ0) is 21.6. The summed E-state index contributed by atoms with van der Waals surface area (Å²) in [6.07, 6.45) is 0.533. The fraction of sp³-hybridized carbons (Fsp3) is 0.409. The monoisotopic (exact) mass is 413 g/mol. The Labute approximate surface area is 175 Å². The SMILES string of the molecule is Cc1cc(/C=C(\C#N)C(=O)OC(C)C(=O)NCc2cccs2)c(C)n1CC(C)C. The number of rotatable bonds is 8. The minimum absolute atomic E-state index is 0.132. The molecule has 29 heavy (non-hydrogen) atoms. The van der Waals surface area contributed by atoms with Crippen LogP contribution in [0.1, 0.15) is 42.6 Å². The Kier molecular flexibility index (Phi) is 7.80. The highest BCUT2D eigenvalue weighted by Gasteiger charge is 2.21. The number of hydrogen-bond donors (Lipinski definition) is 1. The van der Waals surface area contributed by atoms with Crippen molar-refractivity contribution in [2.75, 3.05) is 0 Å². The van der Waals surface area contributed by atoms with Crippen LogP contribution in [0, 0.1) is 31.1 Å². The molecule has 0 fully saturated rings. The first-order chi connectivity index (χ1) is 13.7. The Hall–Kier alpha value is -2.85. The predicted octanol–water partition coefficient (Wildman–Crippen LogP) is 3.98. The molecule has 0 saturated carbocycles. The summed E-state index contributed by atoms with van der Waals surface area (Å²) < 4.78 is 7.37. The van der Waals surface area contributed by atoms with E-state index in [0.29, 0.717) is 12.5 Å². The molecule has 2 rings (SSSR count). The normalized spacial score (nSPS) is 12.5. The molecule has 1 unspecified atom stereocenters. The summed E-state index contributed by atoms with van der Waals surface area (Å²) in [7, 11) is 0. The second-order valence-corrected chi connectivity index (χ2v) is 8.38. The van der Waals surface area contributed by atoms with Crippen molar-refractivity contribution < 1.29 is 14.3 Å². The van der Waals surface area contributed by atoms with E-state index in [2.05, 4.69) is 23.7 Å². The number of carbonyl (C=O) groups excluding carboxylic acids is 2. The van der Waals surface area contributed by atoms with Crippen LogP contribution in [0.5, 0.6) is 0 Å². The fourth-order valence-electron chi connectivity index (χ4n) is 2.92. The Morgan fingerprint density at radius 1 is 1.34 bits per heavy atom. The zero-order valence-corrected chi connectivity index (χ0v) is 18.3. The summed E-state index contributed by atoms with van der Waals surface area (Å²) >= 11 is 1.53. The van der Waals surface area contributed by atoms with Gasteiger partial charge in [-0.3, -0.25) is 4.79 Å². The molecule has 0 saturated heterocycles. The van der Waals surface area contributed by atoms with Gasteiger partial charge >= 0.3 is 5.97 Å². The zero-order valence-electron chi connectivity index (χ0n) is 17.5. The number of amides is 1. The number of ether oxygens (including phenoxy) is 1. The number of hydrogen-bond acceptors (Lipinski definition) is 5. The highest BCUT2D eigenvalue weighted by atomic mass is 32.1. The van der Waals surface area contributed by atoms with Crippen molar-refractivity contribution in [1.29, 1.82) is 5.26 Å². The summed E-state index contributed by atoms with van der Waals surface area (Å²) in [4.78, 5) is 25.6. The molecule has 7 heteroatoms. The summed E-state index contributed by atoms with van der Waals surface area (Å²) in [6.45, 7) is 11.0. The van der Waals surface area contributed by atoms with Gasteiger partial charge in [-0.1, -0.05) is 19.9 Å². The molecule has 1 N–H and O–H groups in total. The number of aryl methyl sites for hydroxylation is 1. The Bertz CT molecular complexity index is 933. The molecule has 0 aliphatic rings. The Morgan fingerprint density at radius 3 is 2.66 bits per heavy atom. The third-order valence-electron chi connectivity index (χ3n) is 4.47. The van der Waals surface area contributed by atoms with E-state index in [4.69, 9.17) is 4.74 Å². The van der Waals surface area contributed by atoms with Gasteiger partial charge in [0.05, 0.1) is 6.54 Å². The molecule has 2 heterocycles. The molecule has 0 bridgehead atoms. The highest BCUT2D eigenvalue weighted by Crippen LogP contribution is 2.20. The largest absolute Gasteiger partial charge is 0.448 e. The molecule has 1 amide bonds. The van der Waals surface area contributed by atoms with Crippen LogP contribution in [0.25, 0.3) is 6.08 Å². The first-order valence-electron chi connectivity index (χ1n) is 9.52. The van der Waals surface area contributed by atoms with Crippen LogP contribution in [-0.4, -0.2) is 22.5 Å². The molecule has 6 nitrogen and oxygen atoms in total. The number of esters is 1. The first kappa shape index (κ1) is 22.4. The highest BCUT2D eigenvalue weighted by molar-refractivity contribution is 7.09. The number of aromatic nitrogens is 1. The minimum atomic E-state index is -0.993. The fourth-order valence-corrected chi connectivity index (χ4v) is 3.57. The summed E-state index contributed by atoms with van der Waals surface area (Å²) in [5.74, 6) is -0.732. The molecule has 154 valence electrons. The maximum atomic E-state index is 12.4. The van der Waals surface area contributed by atoms with Crippen LogP contribution < -0.4 is 5.32 Å². The number of thiophene rings is 1. The van der Waals surface area contributed by atoms with Gasteiger partial charge in [0, 0.05) is 22.8 Å². The lowest BCUT2D eigenvalue weighted by molar-refractivity contribution is -0.150. The molecule has 0 aliphatic carbocycles. The van der Waals surface area contributed by atoms with E-state index in [0.717, 1.165) is 28.4 Å². The summed E-state index contributed by atoms with van der Waals surface area (Å²) in [6, 6.07) is 7.65. The maximum Gasteiger partial charge on any atom is 0.349 e. The van der Waals surface area contributed by atoms with Gasteiger partial charge in [0.25, 0.3) is 5.91 Å². The number of nitrogens with zero attached hydrogens (tertiary/aromatic N) is 2. The van der Waals surface area contributed by atoms with E-state index in [1.807, 2.05) is 43.5 Å². The molecule has 2 aromatic rings. The van der Waals surface area contributed by atoms with Crippen molar-refractivity contribution >= 4 is 29.3 Å². The lowest BCUT2D eigenvalue weighted by Gasteiger charge is -2.13. The van der Waals surface area contributed by atoms with Crippen molar-refractivity contribution in [3.05, 3.63) is 51.0 Å². The number of nitrogens with one attached hydrogen (secondary N) is 1. The Balaban J connectivity index is 2.06. The average Bonchev–Trinajstić information content (AvgIpc) is 3.27. The molecule has 0 radical (unpaired) electrons. The van der Waals surface area contributed by atoms with Crippen molar-refractivity contribution in [2.45, 2.75) is 53.8 Å². The second-order valence-electron chi connectivity index (χ2n) is 7.35. The van der Waals surface area contributed by atoms with E-state index in [1.54, 1.807) is 0 Å². The van der Waals surface area contributed by atoms with Gasteiger partial charge in [0.2, 0.25) is 0 Å². The minimum Gasteiger partial charge on any atom is -0.448 e. The molecule has 0 aliphatic heterocycles. The van der Waals surface area contributed by atoms with Crippen LogP contribution >= 0.6 is 11.3 Å². The third-order valence-corrected chi connectivity index (χ3v) is 5.35. The van der Waals surface area contributed by atoms with Gasteiger partial charge < -0.3 is 14.6 Å². The average molecular weight is 414 g/mol. The molecular weight excluding hydrogens is 386 g/mol. The topological polar surface area (TPSA) is 84.1 Å². The van der Waals surface area contributed by atoms with Gasteiger partial charge in [-0.15, -0.1) is 11.3 Å². The van der Waals surface area contributed by atoms with E-state index < -0.39 is 18.0 Å². The second kappa shape index (κ2) is 10.1. The number of carbonyl (C=O) groups is 2. The molecule has 0 aromatic carbocycles. The van der Waals surface area contributed by atoms with Crippen molar-refractivity contribution in [3.8, 4) is 6.07 Å². The molecule has 0 spiro atoms. The smallest absolute Gasteiger partial charge is 0.349 e. The van der Waals surface area contributed by atoms with Crippen LogP contribution in [0.15, 0.2) is 29.2 Å². The third kappa shape index (κ3) is 6.06. The van der Waals surface area contributed by atoms with Gasteiger partial charge in [0.1, 0.15) is 11.6 Å².